The highest BCUT2D eigenvalue weighted by molar-refractivity contribution is 5.88. The summed E-state index contributed by atoms with van der Waals surface area (Å²) in [6, 6.07) is 6.85. The summed E-state index contributed by atoms with van der Waals surface area (Å²) in [4.78, 5) is 0. The minimum Gasteiger partial charge on any atom is -0.428 e. The Bertz CT molecular complexity index is 587. The van der Waals surface area contributed by atoms with Gasteiger partial charge in [0.1, 0.15) is 0 Å². The van der Waals surface area contributed by atoms with Gasteiger partial charge in [-0.05, 0) is 43.0 Å². The second-order valence-electron chi connectivity index (χ2n) is 5.25. The van der Waals surface area contributed by atoms with Crippen LogP contribution in [0.1, 0.15) is 29.9 Å². The van der Waals surface area contributed by atoms with E-state index in [0.717, 1.165) is 18.5 Å². The van der Waals surface area contributed by atoms with Gasteiger partial charge in [0.05, 0.1) is 5.52 Å². The highest BCUT2D eigenvalue weighted by Crippen LogP contribution is 2.40. The van der Waals surface area contributed by atoms with Crippen molar-refractivity contribution in [1.82, 2.24) is 10.0 Å². The molecule has 17 heavy (non-hydrogen) atoms. The lowest BCUT2D eigenvalue weighted by molar-refractivity contribution is 0.199. The predicted octanol–water partition coefficient (Wildman–Crippen LogP) is 2.27. The summed E-state index contributed by atoms with van der Waals surface area (Å²) in [6.45, 7) is 1.13. The number of nitrogens with one attached hydrogen (secondary N) is 1. The Morgan fingerprint density at radius 2 is 2.29 bits per heavy atom. The molecule has 0 bridgehead atoms. The van der Waals surface area contributed by atoms with Gasteiger partial charge in [-0.15, -0.1) is 0 Å². The summed E-state index contributed by atoms with van der Waals surface area (Å²) in [7, 11) is 0. The average Bonchev–Trinajstić information content (AvgIpc) is 2.68. The van der Waals surface area contributed by atoms with Gasteiger partial charge in [-0.25, -0.2) is 0 Å². The van der Waals surface area contributed by atoms with Crippen LogP contribution in [-0.2, 0) is 6.42 Å². The van der Waals surface area contributed by atoms with Crippen molar-refractivity contribution >= 4 is 10.9 Å². The molecule has 1 aromatic carbocycles. The van der Waals surface area contributed by atoms with Crippen molar-refractivity contribution in [3.63, 3.8) is 0 Å². The molecule has 3 heteroatoms. The highest BCUT2D eigenvalue weighted by Gasteiger charge is 2.33. The average molecular weight is 228 g/mol. The van der Waals surface area contributed by atoms with Gasteiger partial charge in [0.15, 0.2) is 0 Å². The van der Waals surface area contributed by atoms with Gasteiger partial charge in [-0.2, -0.15) is 4.73 Å². The van der Waals surface area contributed by atoms with Crippen LogP contribution in [0.15, 0.2) is 24.4 Å². The Balaban J connectivity index is 2.00. The number of benzene rings is 1. The number of nitrogens with zero attached hydrogens (tertiary/aromatic N) is 1. The van der Waals surface area contributed by atoms with Gasteiger partial charge in [-0.1, -0.05) is 12.1 Å². The summed E-state index contributed by atoms with van der Waals surface area (Å²) in [5.41, 5.74) is 3.67. The summed E-state index contributed by atoms with van der Waals surface area (Å²) in [5, 5.41) is 14.8. The standard InChI is InChI=1S/C14H16N2O/c17-16-8-9-7-12-10(4-2-6-15-12)11-3-1-5-13(16)14(9)11/h1,3,5,8,10,12,15,17H,2,4,6-7H2/t10-,12-/m1/s1. The molecule has 4 rings (SSSR count). The molecule has 1 saturated heterocycles. The largest absolute Gasteiger partial charge is 0.428 e. The fourth-order valence-electron chi connectivity index (χ4n) is 3.62. The van der Waals surface area contributed by atoms with Crippen molar-refractivity contribution in [1.29, 1.82) is 0 Å². The SMILES string of the molecule is On1cc2c3c(cccc31)[C@H]1CCCN[C@@H]1C2. The number of piperidine rings is 1. The first-order chi connectivity index (χ1) is 8.34. The fraction of sp³-hybridized carbons (Fsp3) is 0.429. The molecule has 2 aromatic rings. The highest BCUT2D eigenvalue weighted by atomic mass is 16.5. The molecule has 1 fully saturated rings. The number of aromatic nitrogens is 1. The molecule has 2 atom stereocenters. The van der Waals surface area contributed by atoms with Gasteiger partial charge in [0.25, 0.3) is 0 Å². The van der Waals surface area contributed by atoms with Crippen molar-refractivity contribution in [2.45, 2.75) is 31.2 Å². The Morgan fingerprint density at radius 1 is 1.35 bits per heavy atom. The molecule has 2 aliphatic rings. The lowest BCUT2D eigenvalue weighted by Crippen LogP contribution is -2.43. The van der Waals surface area contributed by atoms with Crippen LogP contribution in [0.3, 0.4) is 0 Å². The second-order valence-corrected chi connectivity index (χ2v) is 5.25. The Kier molecular flexibility index (Phi) is 1.83. The smallest absolute Gasteiger partial charge is 0.0871 e. The van der Waals surface area contributed by atoms with Crippen molar-refractivity contribution in [2.75, 3.05) is 6.54 Å². The minimum atomic E-state index is 0.559. The normalized spacial score (nSPS) is 27.1. The summed E-state index contributed by atoms with van der Waals surface area (Å²) in [6.07, 6.45) is 5.45. The predicted molar refractivity (Wildman–Crippen MR) is 66.6 cm³/mol. The van der Waals surface area contributed by atoms with E-state index in [2.05, 4.69) is 17.4 Å². The second kappa shape index (κ2) is 3.26. The van der Waals surface area contributed by atoms with Crippen LogP contribution in [0, 0.1) is 0 Å². The van der Waals surface area contributed by atoms with Gasteiger partial charge in [-0.3, -0.25) is 0 Å². The van der Waals surface area contributed by atoms with E-state index in [9.17, 15) is 5.21 Å². The van der Waals surface area contributed by atoms with E-state index in [1.165, 1.54) is 34.1 Å². The zero-order valence-corrected chi connectivity index (χ0v) is 9.69. The van der Waals surface area contributed by atoms with Crippen LogP contribution in [0.4, 0.5) is 0 Å². The third-order valence-electron chi connectivity index (χ3n) is 4.34. The van der Waals surface area contributed by atoms with Gasteiger partial charge in [0, 0.05) is 23.5 Å². The zero-order valence-electron chi connectivity index (χ0n) is 9.69. The Labute approximate surface area is 100 Å². The molecule has 0 amide bonds. The summed E-state index contributed by atoms with van der Waals surface area (Å²) >= 11 is 0. The molecule has 3 nitrogen and oxygen atoms in total. The van der Waals surface area contributed by atoms with E-state index in [4.69, 9.17) is 0 Å². The van der Waals surface area contributed by atoms with Gasteiger partial charge in [0.2, 0.25) is 0 Å². The maximum Gasteiger partial charge on any atom is 0.0871 e. The lowest BCUT2D eigenvalue weighted by atomic mass is 9.76. The summed E-state index contributed by atoms with van der Waals surface area (Å²) in [5.74, 6) is 0.627. The van der Waals surface area contributed by atoms with Crippen LogP contribution >= 0.6 is 0 Å². The van der Waals surface area contributed by atoms with Crippen molar-refractivity contribution in [3.05, 3.63) is 35.5 Å². The van der Waals surface area contributed by atoms with E-state index < -0.39 is 0 Å². The van der Waals surface area contributed by atoms with Crippen molar-refractivity contribution < 1.29 is 5.21 Å². The molecular weight excluding hydrogens is 212 g/mol. The van der Waals surface area contributed by atoms with Gasteiger partial charge < -0.3 is 10.5 Å². The molecule has 2 heterocycles. The molecule has 0 spiro atoms. The monoisotopic (exact) mass is 228 g/mol. The molecule has 1 aliphatic carbocycles. The molecule has 0 unspecified atom stereocenters. The van der Waals surface area contributed by atoms with Crippen LogP contribution in [0.2, 0.25) is 0 Å². The summed E-state index contributed by atoms with van der Waals surface area (Å²) < 4.78 is 1.28. The Morgan fingerprint density at radius 3 is 3.24 bits per heavy atom. The number of hydrogen-bond donors (Lipinski definition) is 2. The molecule has 1 aliphatic heterocycles. The first kappa shape index (κ1) is 9.54. The van der Waals surface area contributed by atoms with Crippen molar-refractivity contribution in [3.8, 4) is 0 Å². The third kappa shape index (κ3) is 1.20. The van der Waals surface area contributed by atoms with E-state index in [1.54, 1.807) is 0 Å². The molecule has 1 aromatic heterocycles. The molecule has 0 radical (unpaired) electrons. The van der Waals surface area contributed by atoms with Crippen LogP contribution in [0.5, 0.6) is 0 Å². The fourth-order valence-corrected chi connectivity index (χ4v) is 3.62. The zero-order chi connectivity index (χ0) is 11.4. The van der Waals surface area contributed by atoms with E-state index in [0.29, 0.717) is 12.0 Å². The van der Waals surface area contributed by atoms with E-state index >= 15 is 0 Å². The molecule has 2 N–H and O–H groups in total. The topological polar surface area (TPSA) is 37.2 Å². The first-order valence-corrected chi connectivity index (χ1v) is 6.40. The number of rotatable bonds is 0. The van der Waals surface area contributed by atoms with Crippen molar-refractivity contribution in [2.24, 2.45) is 0 Å². The Hall–Kier alpha value is -1.48. The molecule has 0 saturated carbocycles. The quantitative estimate of drug-likeness (QED) is 0.679. The molecular formula is C14H16N2O. The van der Waals surface area contributed by atoms with E-state index in [-0.39, 0.29) is 0 Å². The minimum absolute atomic E-state index is 0.559. The van der Waals surface area contributed by atoms with E-state index in [1.807, 2.05) is 12.3 Å². The molecule has 88 valence electrons. The van der Waals surface area contributed by atoms with Crippen LogP contribution < -0.4 is 5.32 Å². The first-order valence-electron chi connectivity index (χ1n) is 6.40. The number of hydrogen-bond acceptors (Lipinski definition) is 2. The maximum atomic E-state index is 9.91. The van der Waals surface area contributed by atoms with Crippen LogP contribution in [0.25, 0.3) is 10.9 Å². The maximum absolute atomic E-state index is 9.91. The number of fused-ring (bicyclic) bond motifs is 2. The lowest BCUT2D eigenvalue weighted by Gasteiger charge is -2.36. The van der Waals surface area contributed by atoms with Gasteiger partial charge >= 0.3 is 0 Å². The van der Waals surface area contributed by atoms with Crippen LogP contribution in [-0.4, -0.2) is 22.5 Å². The third-order valence-corrected chi connectivity index (χ3v) is 4.34.